The van der Waals surface area contributed by atoms with E-state index in [1.807, 2.05) is 6.08 Å². The van der Waals surface area contributed by atoms with Gasteiger partial charge in [-0.05, 0) is 19.3 Å². The molecule has 1 rings (SSSR count). The quantitative estimate of drug-likeness (QED) is 0.109. The SMILES string of the molecule is CCCCCCCCCCCCCCCCC/C=C/CC1CC(=O)OC1=O. The molecule has 0 aromatic heterocycles. The second kappa shape index (κ2) is 17.0. The van der Waals surface area contributed by atoms with Crippen LogP contribution in [-0.2, 0) is 14.3 Å². The average molecular weight is 379 g/mol. The monoisotopic (exact) mass is 378 g/mol. The summed E-state index contributed by atoms with van der Waals surface area (Å²) >= 11 is 0. The summed E-state index contributed by atoms with van der Waals surface area (Å²) in [5.74, 6) is -0.966. The first-order valence-corrected chi connectivity index (χ1v) is 11.6. The lowest BCUT2D eigenvalue weighted by molar-refractivity contribution is -0.153. The molecular formula is C24H42O3. The zero-order chi connectivity index (χ0) is 19.6. The molecule has 0 amide bonds. The molecule has 1 aliphatic rings. The Labute approximate surface area is 167 Å². The third-order valence-electron chi connectivity index (χ3n) is 5.52. The molecule has 0 aliphatic carbocycles. The first-order chi connectivity index (χ1) is 13.2. The summed E-state index contributed by atoms with van der Waals surface area (Å²) in [4.78, 5) is 22.3. The lowest BCUT2D eigenvalue weighted by atomic mass is 10.0. The van der Waals surface area contributed by atoms with E-state index < -0.39 is 0 Å². The number of esters is 2. The van der Waals surface area contributed by atoms with Gasteiger partial charge >= 0.3 is 11.9 Å². The summed E-state index contributed by atoms with van der Waals surface area (Å²) in [5, 5.41) is 0. The van der Waals surface area contributed by atoms with Crippen LogP contribution in [0.4, 0.5) is 0 Å². The highest BCUT2D eigenvalue weighted by Crippen LogP contribution is 2.20. The van der Waals surface area contributed by atoms with E-state index in [0.717, 1.165) is 6.42 Å². The van der Waals surface area contributed by atoms with Crippen molar-refractivity contribution in [2.75, 3.05) is 0 Å². The smallest absolute Gasteiger partial charge is 0.317 e. The number of hydrogen-bond acceptors (Lipinski definition) is 3. The number of ether oxygens (including phenoxy) is 1. The predicted octanol–water partition coefficient (Wildman–Crippen LogP) is 7.28. The van der Waals surface area contributed by atoms with Crippen molar-refractivity contribution in [1.29, 1.82) is 0 Å². The Morgan fingerprint density at radius 3 is 1.67 bits per heavy atom. The largest absolute Gasteiger partial charge is 0.393 e. The van der Waals surface area contributed by atoms with E-state index in [2.05, 4.69) is 17.7 Å². The number of carbonyl (C=O) groups excluding carboxylic acids is 2. The summed E-state index contributed by atoms with van der Waals surface area (Å²) in [5.41, 5.74) is 0. The van der Waals surface area contributed by atoms with Gasteiger partial charge in [-0.3, -0.25) is 9.59 Å². The highest BCUT2D eigenvalue weighted by molar-refractivity contribution is 5.94. The van der Waals surface area contributed by atoms with Gasteiger partial charge in [-0.15, -0.1) is 0 Å². The zero-order valence-electron chi connectivity index (χ0n) is 17.7. The van der Waals surface area contributed by atoms with Crippen LogP contribution in [0.5, 0.6) is 0 Å². The molecule has 3 heteroatoms. The first-order valence-electron chi connectivity index (χ1n) is 11.6. The highest BCUT2D eigenvalue weighted by atomic mass is 16.6. The number of cyclic esters (lactones) is 2. The lowest BCUT2D eigenvalue weighted by Crippen LogP contribution is -2.05. The predicted molar refractivity (Wildman–Crippen MR) is 113 cm³/mol. The van der Waals surface area contributed by atoms with Crippen LogP contribution in [0.3, 0.4) is 0 Å². The molecule has 0 radical (unpaired) electrons. The number of carbonyl (C=O) groups is 2. The molecule has 0 aromatic carbocycles. The average Bonchev–Trinajstić information content (AvgIpc) is 2.98. The van der Waals surface area contributed by atoms with Crippen molar-refractivity contribution in [2.24, 2.45) is 5.92 Å². The van der Waals surface area contributed by atoms with E-state index >= 15 is 0 Å². The molecular weight excluding hydrogens is 336 g/mol. The molecule has 1 saturated heterocycles. The normalized spacial score (nSPS) is 17.1. The van der Waals surface area contributed by atoms with Gasteiger partial charge in [-0.2, -0.15) is 0 Å². The minimum Gasteiger partial charge on any atom is -0.393 e. The molecule has 0 bridgehead atoms. The van der Waals surface area contributed by atoms with E-state index in [0.29, 0.717) is 6.42 Å². The second-order valence-electron chi connectivity index (χ2n) is 8.14. The fourth-order valence-corrected chi connectivity index (χ4v) is 3.71. The highest BCUT2D eigenvalue weighted by Gasteiger charge is 2.31. The Kier molecular flexibility index (Phi) is 15.1. The van der Waals surface area contributed by atoms with Gasteiger partial charge in [0.05, 0.1) is 12.3 Å². The van der Waals surface area contributed by atoms with E-state index in [9.17, 15) is 9.59 Å². The van der Waals surface area contributed by atoms with Gasteiger partial charge in [-0.1, -0.05) is 109 Å². The molecule has 27 heavy (non-hydrogen) atoms. The van der Waals surface area contributed by atoms with E-state index in [1.165, 1.54) is 96.3 Å². The Bertz CT molecular complexity index is 414. The lowest BCUT2D eigenvalue weighted by Gasteiger charge is -2.03. The Balaban J connectivity index is 1.75. The molecule has 0 aromatic rings. The van der Waals surface area contributed by atoms with Crippen LogP contribution in [0, 0.1) is 5.92 Å². The maximum atomic E-state index is 11.3. The number of unbranched alkanes of at least 4 members (excludes halogenated alkanes) is 15. The summed E-state index contributed by atoms with van der Waals surface area (Å²) in [7, 11) is 0. The van der Waals surface area contributed by atoms with Crippen LogP contribution in [-0.4, -0.2) is 11.9 Å². The maximum absolute atomic E-state index is 11.3. The molecule has 0 N–H and O–H groups in total. The standard InChI is InChI=1S/C24H42O3/c1-2-3-4-5-6-7-8-9-10-11-12-13-14-15-16-17-18-19-20-22-21-23(25)27-24(22)26/h18-19,22H,2-17,20-21H2,1H3/b19-18+. The topological polar surface area (TPSA) is 43.4 Å². The van der Waals surface area contributed by atoms with Gasteiger partial charge in [0.15, 0.2) is 0 Å². The van der Waals surface area contributed by atoms with Crippen LogP contribution >= 0.6 is 0 Å². The molecule has 3 nitrogen and oxygen atoms in total. The van der Waals surface area contributed by atoms with Gasteiger partial charge in [0.1, 0.15) is 0 Å². The number of hydrogen-bond donors (Lipinski definition) is 0. The number of rotatable bonds is 18. The molecule has 156 valence electrons. The van der Waals surface area contributed by atoms with Crippen molar-refractivity contribution in [1.82, 2.24) is 0 Å². The molecule has 1 atom stereocenters. The van der Waals surface area contributed by atoms with Gasteiger partial charge < -0.3 is 4.74 Å². The molecule has 1 aliphatic heterocycles. The van der Waals surface area contributed by atoms with E-state index in [1.54, 1.807) is 0 Å². The van der Waals surface area contributed by atoms with Crippen LogP contribution in [0.2, 0.25) is 0 Å². The summed E-state index contributed by atoms with van der Waals surface area (Å²) in [6, 6.07) is 0. The van der Waals surface area contributed by atoms with Crippen LogP contribution in [0.25, 0.3) is 0 Å². The van der Waals surface area contributed by atoms with E-state index in [4.69, 9.17) is 0 Å². The summed E-state index contributed by atoms with van der Waals surface area (Å²) < 4.78 is 4.55. The fourth-order valence-electron chi connectivity index (χ4n) is 3.71. The van der Waals surface area contributed by atoms with Crippen molar-refractivity contribution < 1.29 is 14.3 Å². The van der Waals surface area contributed by atoms with E-state index in [-0.39, 0.29) is 24.3 Å². The minimum atomic E-state index is -0.374. The van der Waals surface area contributed by atoms with Crippen molar-refractivity contribution in [3.05, 3.63) is 12.2 Å². The first kappa shape index (κ1) is 23.9. The Morgan fingerprint density at radius 2 is 1.22 bits per heavy atom. The van der Waals surface area contributed by atoms with Gasteiger partial charge in [0.25, 0.3) is 0 Å². The molecule has 0 saturated carbocycles. The van der Waals surface area contributed by atoms with Crippen molar-refractivity contribution >= 4 is 11.9 Å². The van der Waals surface area contributed by atoms with Crippen LogP contribution in [0.1, 0.15) is 122 Å². The Hall–Kier alpha value is -1.12. The molecule has 0 spiro atoms. The zero-order valence-corrected chi connectivity index (χ0v) is 17.7. The summed E-state index contributed by atoms with van der Waals surface area (Å²) in [6.07, 6.45) is 27.0. The van der Waals surface area contributed by atoms with Crippen LogP contribution in [0.15, 0.2) is 12.2 Å². The molecule has 1 heterocycles. The third kappa shape index (κ3) is 13.7. The van der Waals surface area contributed by atoms with Crippen molar-refractivity contribution in [2.45, 2.75) is 122 Å². The van der Waals surface area contributed by atoms with Gasteiger partial charge in [-0.25, -0.2) is 0 Å². The van der Waals surface area contributed by atoms with Crippen molar-refractivity contribution in [3.8, 4) is 0 Å². The van der Waals surface area contributed by atoms with Gasteiger partial charge in [0.2, 0.25) is 0 Å². The maximum Gasteiger partial charge on any atom is 0.317 e. The number of allylic oxidation sites excluding steroid dienone is 2. The molecule has 1 fully saturated rings. The van der Waals surface area contributed by atoms with Crippen LogP contribution < -0.4 is 0 Å². The fraction of sp³-hybridized carbons (Fsp3) is 0.833. The third-order valence-corrected chi connectivity index (χ3v) is 5.52. The molecule has 1 unspecified atom stereocenters. The van der Waals surface area contributed by atoms with Gasteiger partial charge in [0, 0.05) is 0 Å². The summed E-state index contributed by atoms with van der Waals surface area (Å²) in [6.45, 7) is 2.28. The van der Waals surface area contributed by atoms with Crippen molar-refractivity contribution in [3.63, 3.8) is 0 Å². The Morgan fingerprint density at radius 1 is 0.741 bits per heavy atom. The second-order valence-corrected chi connectivity index (χ2v) is 8.14. The minimum absolute atomic E-state index is 0.241.